The third kappa shape index (κ3) is 3.73. The molecule has 1 aromatic heterocycles. The highest BCUT2D eigenvalue weighted by Crippen LogP contribution is 2.32. The highest BCUT2D eigenvalue weighted by Gasteiger charge is 2.36. The zero-order valence-corrected chi connectivity index (χ0v) is 18.7. The normalized spacial score (nSPS) is 16.7. The van der Waals surface area contributed by atoms with Gasteiger partial charge in [0, 0.05) is 30.1 Å². The van der Waals surface area contributed by atoms with Gasteiger partial charge in [0.05, 0.1) is 15.0 Å². The maximum atomic E-state index is 13.3. The Morgan fingerprint density at radius 2 is 1.60 bits per heavy atom. The Balaban J connectivity index is 1.58. The Morgan fingerprint density at radius 1 is 0.933 bits per heavy atom. The average molecular weight is 465 g/mol. The van der Waals surface area contributed by atoms with Crippen molar-refractivity contribution in [1.82, 2.24) is 9.29 Å². The van der Waals surface area contributed by atoms with Crippen LogP contribution in [0.15, 0.2) is 64.5 Å². The van der Waals surface area contributed by atoms with Gasteiger partial charge in [-0.05, 0) is 44.0 Å². The van der Waals surface area contributed by atoms with E-state index in [1.807, 2.05) is 6.92 Å². The van der Waals surface area contributed by atoms with Crippen LogP contribution in [-0.2, 0) is 19.9 Å². The van der Waals surface area contributed by atoms with E-state index in [0.29, 0.717) is 10.8 Å². The first-order valence-corrected chi connectivity index (χ1v) is 12.9. The molecular formula is C21H21ClN2O4S2. The predicted molar refractivity (Wildman–Crippen MR) is 117 cm³/mol. The largest absolute Gasteiger partial charge is 0.244 e. The van der Waals surface area contributed by atoms with Crippen LogP contribution in [0, 0.1) is 6.92 Å². The molecule has 9 heteroatoms. The molecule has 4 rings (SSSR count). The molecule has 3 aromatic rings. The summed E-state index contributed by atoms with van der Waals surface area (Å²) in [6, 6.07) is 13.3. The van der Waals surface area contributed by atoms with Crippen molar-refractivity contribution < 1.29 is 16.8 Å². The highest BCUT2D eigenvalue weighted by atomic mass is 35.5. The first-order valence-electron chi connectivity index (χ1n) is 9.55. The molecule has 2 aromatic carbocycles. The van der Waals surface area contributed by atoms with Crippen molar-refractivity contribution >= 4 is 42.2 Å². The highest BCUT2D eigenvalue weighted by molar-refractivity contribution is 7.92. The van der Waals surface area contributed by atoms with Crippen LogP contribution in [0.5, 0.6) is 0 Å². The number of hydrogen-bond acceptors (Lipinski definition) is 5. The smallest absolute Gasteiger partial charge is 0.243 e. The van der Waals surface area contributed by atoms with Crippen molar-refractivity contribution in [1.29, 1.82) is 0 Å². The number of nitrogens with zero attached hydrogens (tertiary/aromatic N) is 2. The Kier molecular flexibility index (Phi) is 5.61. The molecular weight excluding hydrogens is 444 g/mol. The SMILES string of the molecule is Cc1ccc(S(=O)(=O)C2CCN(S(=O)(=O)c3cccc4c(Cl)nccc34)CC2)cc1. The summed E-state index contributed by atoms with van der Waals surface area (Å²) in [5.74, 6) is 0. The fourth-order valence-corrected chi connectivity index (χ4v) is 7.44. The van der Waals surface area contributed by atoms with Crippen molar-refractivity contribution in [3.05, 3.63) is 65.4 Å². The summed E-state index contributed by atoms with van der Waals surface area (Å²) < 4.78 is 53.8. The molecule has 158 valence electrons. The van der Waals surface area contributed by atoms with E-state index in [1.54, 1.807) is 48.5 Å². The van der Waals surface area contributed by atoms with Gasteiger partial charge in [-0.25, -0.2) is 21.8 Å². The fraction of sp³-hybridized carbons (Fsp3) is 0.286. The minimum atomic E-state index is -3.79. The van der Waals surface area contributed by atoms with Gasteiger partial charge in [-0.2, -0.15) is 4.31 Å². The van der Waals surface area contributed by atoms with Crippen LogP contribution in [0.4, 0.5) is 0 Å². The standard InChI is InChI=1S/C21H21ClN2O4S2/c1-15-5-7-16(8-6-15)29(25,26)17-10-13-24(14-11-17)30(27,28)20-4-2-3-19-18(20)9-12-23-21(19)22/h2-9,12,17H,10-11,13-14H2,1H3. The summed E-state index contributed by atoms with van der Waals surface area (Å²) in [4.78, 5) is 4.44. The molecule has 0 saturated carbocycles. The van der Waals surface area contributed by atoms with Gasteiger partial charge in [0.15, 0.2) is 9.84 Å². The Morgan fingerprint density at radius 3 is 2.27 bits per heavy atom. The number of rotatable bonds is 4. The molecule has 0 atom stereocenters. The van der Waals surface area contributed by atoms with Gasteiger partial charge in [-0.1, -0.05) is 41.4 Å². The van der Waals surface area contributed by atoms with Crippen molar-refractivity contribution in [2.24, 2.45) is 0 Å². The van der Waals surface area contributed by atoms with Crippen molar-refractivity contribution in [3.63, 3.8) is 0 Å². The van der Waals surface area contributed by atoms with Gasteiger partial charge in [0.2, 0.25) is 10.0 Å². The number of benzene rings is 2. The lowest BCUT2D eigenvalue weighted by Gasteiger charge is -2.31. The number of piperidine rings is 1. The summed E-state index contributed by atoms with van der Waals surface area (Å²) in [6.07, 6.45) is 1.98. The van der Waals surface area contributed by atoms with Crippen LogP contribution >= 0.6 is 11.6 Å². The molecule has 0 aliphatic carbocycles. The lowest BCUT2D eigenvalue weighted by Crippen LogP contribution is -2.42. The summed E-state index contributed by atoms with van der Waals surface area (Å²) in [5, 5.41) is 0.717. The first kappa shape index (κ1) is 21.2. The molecule has 0 N–H and O–H groups in total. The number of aromatic nitrogens is 1. The second kappa shape index (κ2) is 7.92. The number of sulfone groups is 1. The van der Waals surface area contributed by atoms with Gasteiger partial charge in [0.1, 0.15) is 5.15 Å². The molecule has 0 amide bonds. The van der Waals surface area contributed by atoms with Gasteiger partial charge in [-0.3, -0.25) is 0 Å². The van der Waals surface area contributed by atoms with Crippen LogP contribution in [0.25, 0.3) is 10.8 Å². The lowest BCUT2D eigenvalue weighted by molar-refractivity contribution is 0.346. The minimum Gasteiger partial charge on any atom is -0.244 e. The molecule has 0 unspecified atom stereocenters. The first-order chi connectivity index (χ1) is 14.2. The third-order valence-corrected chi connectivity index (χ3v) is 10.1. The Bertz CT molecular complexity index is 1300. The van der Waals surface area contributed by atoms with E-state index in [4.69, 9.17) is 11.6 Å². The van der Waals surface area contributed by atoms with E-state index in [-0.39, 0.29) is 40.9 Å². The second-order valence-electron chi connectivity index (χ2n) is 7.41. The maximum Gasteiger partial charge on any atom is 0.243 e. The molecule has 0 bridgehead atoms. The zero-order valence-electron chi connectivity index (χ0n) is 16.3. The Labute approximate surface area is 181 Å². The summed E-state index contributed by atoms with van der Waals surface area (Å²) >= 11 is 6.12. The summed E-state index contributed by atoms with van der Waals surface area (Å²) in [7, 11) is -7.29. The van der Waals surface area contributed by atoms with E-state index >= 15 is 0 Å². The van der Waals surface area contributed by atoms with Crippen molar-refractivity contribution in [2.45, 2.75) is 34.8 Å². The predicted octanol–water partition coefficient (Wildman–Crippen LogP) is 3.82. The van der Waals surface area contributed by atoms with Crippen LogP contribution in [-0.4, -0.2) is 44.5 Å². The van der Waals surface area contributed by atoms with Gasteiger partial charge in [0.25, 0.3) is 0 Å². The molecule has 1 aliphatic heterocycles. The van der Waals surface area contributed by atoms with E-state index in [9.17, 15) is 16.8 Å². The van der Waals surface area contributed by atoms with E-state index in [2.05, 4.69) is 4.98 Å². The topological polar surface area (TPSA) is 84.4 Å². The van der Waals surface area contributed by atoms with Crippen molar-refractivity contribution in [2.75, 3.05) is 13.1 Å². The maximum absolute atomic E-state index is 13.3. The molecule has 1 saturated heterocycles. The van der Waals surface area contributed by atoms with Crippen LogP contribution < -0.4 is 0 Å². The van der Waals surface area contributed by atoms with Crippen LogP contribution in [0.3, 0.4) is 0 Å². The summed E-state index contributed by atoms with van der Waals surface area (Å²) in [5.41, 5.74) is 0.986. The quantitative estimate of drug-likeness (QED) is 0.548. The van der Waals surface area contributed by atoms with Crippen LogP contribution in [0.2, 0.25) is 5.15 Å². The molecule has 1 fully saturated rings. The van der Waals surface area contributed by atoms with Gasteiger partial charge >= 0.3 is 0 Å². The Hall–Kier alpha value is -2.00. The number of fused-ring (bicyclic) bond motifs is 1. The van der Waals surface area contributed by atoms with E-state index in [0.717, 1.165) is 5.56 Å². The molecule has 0 spiro atoms. The van der Waals surface area contributed by atoms with Crippen molar-refractivity contribution in [3.8, 4) is 0 Å². The second-order valence-corrected chi connectivity index (χ2v) is 11.9. The molecule has 0 radical (unpaired) electrons. The fourth-order valence-electron chi connectivity index (χ4n) is 3.81. The molecule has 1 aliphatic rings. The van der Waals surface area contributed by atoms with Gasteiger partial charge < -0.3 is 0 Å². The number of halogens is 1. The monoisotopic (exact) mass is 464 g/mol. The number of aryl methyl sites for hydroxylation is 1. The molecule has 2 heterocycles. The molecule has 6 nitrogen and oxygen atoms in total. The summed E-state index contributed by atoms with van der Waals surface area (Å²) in [6.45, 7) is 2.19. The van der Waals surface area contributed by atoms with E-state index in [1.165, 1.54) is 10.5 Å². The number of pyridine rings is 1. The lowest BCUT2D eigenvalue weighted by atomic mass is 10.2. The number of sulfonamides is 1. The third-order valence-electron chi connectivity index (χ3n) is 5.52. The zero-order chi connectivity index (χ0) is 21.5. The van der Waals surface area contributed by atoms with E-state index < -0.39 is 25.1 Å². The van der Waals surface area contributed by atoms with Crippen LogP contribution in [0.1, 0.15) is 18.4 Å². The van der Waals surface area contributed by atoms with Gasteiger partial charge in [-0.15, -0.1) is 0 Å². The minimum absolute atomic E-state index is 0.146. The average Bonchev–Trinajstić information content (AvgIpc) is 2.74. The molecule has 30 heavy (non-hydrogen) atoms. The number of hydrogen-bond donors (Lipinski definition) is 0.